The predicted molar refractivity (Wildman–Crippen MR) is 298 cm³/mol. The Morgan fingerprint density at radius 1 is 0.290 bits per heavy atom. The lowest BCUT2D eigenvalue weighted by Crippen LogP contribution is -2.30. The van der Waals surface area contributed by atoms with Crippen LogP contribution >= 0.6 is 0 Å². The lowest BCUT2D eigenvalue weighted by Gasteiger charge is -2.18. The van der Waals surface area contributed by atoms with Gasteiger partial charge in [0.1, 0.15) is 13.2 Å². The minimum absolute atomic E-state index is 0.0942. The molecule has 6 heteroatoms. The van der Waals surface area contributed by atoms with Gasteiger partial charge in [-0.3, -0.25) is 14.4 Å². The summed E-state index contributed by atoms with van der Waals surface area (Å²) < 4.78 is 16.8. The summed E-state index contributed by atoms with van der Waals surface area (Å²) in [5.41, 5.74) is 0. The van der Waals surface area contributed by atoms with Crippen LogP contribution in [-0.2, 0) is 28.6 Å². The van der Waals surface area contributed by atoms with Crippen LogP contribution in [0.15, 0.2) is 72.9 Å². The van der Waals surface area contributed by atoms with Crippen molar-refractivity contribution in [3.05, 3.63) is 72.9 Å². The number of hydrogen-bond donors (Lipinski definition) is 0. The molecule has 0 aliphatic carbocycles. The molecule has 0 radical (unpaired) electrons. The average molecular weight is 964 g/mol. The molecule has 0 aromatic rings. The molecule has 0 unspecified atom stereocenters. The second kappa shape index (κ2) is 57.4. The van der Waals surface area contributed by atoms with E-state index in [4.69, 9.17) is 14.2 Å². The molecule has 0 fully saturated rings. The summed E-state index contributed by atoms with van der Waals surface area (Å²) in [5.74, 6) is -0.950. The molecule has 0 saturated carbocycles. The van der Waals surface area contributed by atoms with Crippen molar-refractivity contribution in [2.24, 2.45) is 0 Å². The van der Waals surface area contributed by atoms with Crippen molar-refractivity contribution < 1.29 is 28.6 Å². The molecule has 0 aromatic carbocycles. The number of esters is 3. The first-order valence-electron chi connectivity index (χ1n) is 29.4. The maximum absolute atomic E-state index is 12.9. The van der Waals surface area contributed by atoms with Gasteiger partial charge in [0.25, 0.3) is 0 Å². The highest BCUT2D eigenvalue weighted by molar-refractivity contribution is 5.71. The lowest BCUT2D eigenvalue weighted by atomic mass is 10.1. The van der Waals surface area contributed by atoms with Gasteiger partial charge in [-0.25, -0.2) is 0 Å². The molecule has 0 heterocycles. The Bertz CT molecular complexity index is 1290. The minimum atomic E-state index is -0.800. The summed E-state index contributed by atoms with van der Waals surface area (Å²) in [6.07, 6.45) is 73.2. The molecule has 0 rings (SSSR count). The van der Waals surface area contributed by atoms with Crippen LogP contribution in [0.3, 0.4) is 0 Å². The molecule has 1 atom stereocenters. The molecule has 0 aliphatic rings. The van der Waals surface area contributed by atoms with Crippen LogP contribution in [0.2, 0.25) is 0 Å². The van der Waals surface area contributed by atoms with E-state index in [0.29, 0.717) is 19.3 Å². The van der Waals surface area contributed by atoms with Crippen LogP contribution in [0.1, 0.15) is 290 Å². The third-order valence-corrected chi connectivity index (χ3v) is 12.7. The number of carbonyl (C=O) groups excluding carboxylic acids is 3. The van der Waals surface area contributed by atoms with Crippen molar-refractivity contribution in [3.63, 3.8) is 0 Å². The number of allylic oxidation sites excluding steroid dienone is 12. The lowest BCUT2D eigenvalue weighted by molar-refractivity contribution is -0.167. The quantitative estimate of drug-likeness (QED) is 0.0262. The topological polar surface area (TPSA) is 78.9 Å². The van der Waals surface area contributed by atoms with Gasteiger partial charge < -0.3 is 14.2 Å². The number of carbonyl (C=O) groups is 3. The Labute approximate surface area is 427 Å². The van der Waals surface area contributed by atoms with E-state index < -0.39 is 6.10 Å². The van der Waals surface area contributed by atoms with Gasteiger partial charge in [0.2, 0.25) is 0 Å². The van der Waals surface area contributed by atoms with E-state index in [1.165, 1.54) is 180 Å². The summed E-state index contributed by atoms with van der Waals surface area (Å²) in [6, 6.07) is 0. The SMILES string of the molecule is CCCCC/C=C\C/C=C\C/C=C\C/C=C\CCCC(=O)OC[C@H](COC(=O)CCCCCCCCCCC/C=C\CCCCCCCC)OC(=O)CCCCCCCCC/C=C\CCCCCC. The fourth-order valence-corrected chi connectivity index (χ4v) is 8.19. The standard InChI is InChI=1S/C63H110O6/c1-4-7-10-13-16-19-22-25-28-30-31-33-36-38-41-44-47-50-53-56-62(65)68-59-60(69-63(66)57-54-51-48-45-42-39-34-27-24-21-18-15-12-9-6-3)58-67-61(64)55-52-49-46-43-40-37-35-32-29-26-23-20-17-14-11-8-5-2/h17,20-21,24-26,28-29,35,37,43,46,60H,4-16,18-19,22-23,27,30-34,36,38-42,44-45,47-59H2,1-3H3/b20-17-,24-21-,28-25-,29-26-,37-35-,46-43-/t60-/m1/s1. The maximum Gasteiger partial charge on any atom is 0.306 e. The van der Waals surface area contributed by atoms with Gasteiger partial charge in [-0.2, -0.15) is 0 Å². The van der Waals surface area contributed by atoms with E-state index in [1.54, 1.807) is 0 Å². The van der Waals surface area contributed by atoms with Crippen LogP contribution in [0.5, 0.6) is 0 Å². The van der Waals surface area contributed by atoms with Gasteiger partial charge in [0.05, 0.1) is 0 Å². The molecular weight excluding hydrogens is 853 g/mol. The second-order valence-electron chi connectivity index (χ2n) is 19.5. The van der Waals surface area contributed by atoms with Gasteiger partial charge in [-0.1, -0.05) is 235 Å². The fourth-order valence-electron chi connectivity index (χ4n) is 8.19. The molecule has 0 N–H and O–H groups in total. The Hall–Kier alpha value is -3.15. The van der Waals surface area contributed by atoms with Crippen LogP contribution < -0.4 is 0 Å². The summed E-state index contributed by atoms with van der Waals surface area (Å²) in [7, 11) is 0. The summed E-state index contributed by atoms with van der Waals surface area (Å²) in [4.78, 5) is 38.2. The maximum atomic E-state index is 12.9. The zero-order valence-electron chi connectivity index (χ0n) is 45.6. The minimum Gasteiger partial charge on any atom is -0.462 e. The fraction of sp³-hybridized carbons (Fsp3) is 0.762. The largest absolute Gasteiger partial charge is 0.462 e. The first kappa shape index (κ1) is 65.8. The second-order valence-corrected chi connectivity index (χ2v) is 19.5. The van der Waals surface area contributed by atoms with Crippen LogP contribution in [-0.4, -0.2) is 37.2 Å². The monoisotopic (exact) mass is 963 g/mol. The Kier molecular flexibility index (Phi) is 54.8. The number of hydrogen-bond acceptors (Lipinski definition) is 6. The van der Waals surface area contributed by atoms with Gasteiger partial charge >= 0.3 is 17.9 Å². The van der Waals surface area contributed by atoms with E-state index in [9.17, 15) is 14.4 Å². The van der Waals surface area contributed by atoms with Crippen molar-refractivity contribution in [3.8, 4) is 0 Å². The Morgan fingerprint density at radius 2 is 0.536 bits per heavy atom. The van der Waals surface area contributed by atoms with Gasteiger partial charge in [-0.05, 0) is 109 Å². The van der Waals surface area contributed by atoms with Crippen molar-refractivity contribution in [2.45, 2.75) is 297 Å². The molecule has 6 nitrogen and oxygen atoms in total. The molecule has 69 heavy (non-hydrogen) atoms. The molecule has 398 valence electrons. The highest BCUT2D eigenvalue weighted by atomic mass is 16.6. The van der Waals surface area contributed by atoms with Crippen LogP contribution in [0.4, 0.5) is 0 Å². The number of rotatable bonds is 53. The molecule has 0 bridgehead atoms. The summed E-state index contributed by atoms with van der Waals surface area (Å²) in [6.45, 7) is 6.56. The number of unbranched alkanes of at least 4 members (excludes halogenated alkanes) is 30. The van der Waals surface area contributed by atoms with E-state index in [0.717, 1.165) is 64.2 Å². The average Bonchev–Trinajstić information content (AvgIpc) is 3.35. The van der Waals surface area contributed by atoms with Crippen molar-refractivity contribution in [1.82, 2.24) is 0 Å². The number of ether oxygens (including phenoxy) is 3. The highest BCUT2D eigenvalue weighted by Gasteiger charge is 2.19. The van der Waals surface area contributed by atoms with Crippen LogP contribution in [0.25, 0.3) is 0 Å². The Balaban J connectivity index is 4.44. The smallest absolute Gasteiger partial charge is 0.306 e. The first-order valence-corrected chi connectivity index (χ1v) is 29.4. The highest BCUT2D eigenvalue weighted by Crippen LogP contribution is 2.15. The molecule has 0 amide bonds. The van der Waals surface area contributed by atoms with Crippen LogP contribution in [0, 0.1) is 0 Å². The first-order chi connectivity index (χ1) is 34.0. The molecule has 0 aliphatic heterocycles. The van der Waals surface area contributed by atoms with Gasteiger partial charge in [0, 0.05) is 19.3 Å². The summed E-state index contributed by atoms with van der Waals surface area (Å²) >= 11 is 0. The third kappa shape index (κ3) is 55.6. The molecule has 0 saturated heterocycles. The van der Waals surface area contributed by atoms with E-state index in [2.05, 4.69) is 93.7 Å². The van der Waals surface area contributed by atoms with Crippen molar-refractivity contribution in [2.75, 3.05) is 13.2 Å². The van der Waals surface area contributed by atoms with Gasteiger partial charge in [-0.15, -0.1) is 0 Å². The third-order valence-electron chi connectivity index (χ3n) is 12.7. The Morgan fingerprint density at radius 3 is 0.928 bits per heavy atom. The zero-order chi connectivity index (χ0) is 50.0. The summed E-state index contributed by atoms with van der Waals surface area (Å²) in [5, 5.41) is 0. The molecular formula is C63H110O6. The molecule has 0 spiro atoms. The predicted octanol–water partition coefficient (Wildman–Crippen LogP) is 19.8. The molecule has 0 aromatic heterocycles. The zero-order valence-corrected chi connectivity index (χ0v) is 45.6. The van der Waals surface area contributed by atoms with Gasteiger partial charge in [0.15, 0.2) is 6.10 Å². The van der Waals surface area contributed by atoms with Crippen molar-refractivity contribution in [1.29, 1.82) is 0 Å². The normalized spacial score (nSPS) is 12.6. The van der Waals surface area contributed by atoms with E-state index >= 15 is 0 Å². The van der Waals surface area contributed by atoms with E-state index in [1.807, 2.05) is 0 Å². The van der Waals surface area contributed by atoms with E-state index in [-0.39, 0.29) is 37.5 Å². The van der Waals surface area contributed by atoms with Crippen molar-refractivity contribution >= 4 is 17.9 Å².